The van der Waals surface area contributed by atoms with E-state index in [1.807, 2.05) is 36.4 Å². The van der Waals surface area contributed by atoms with Crippen LogP contribution >= 0.6 is 39.9 Å². The first kappa shape index (κ1) is 23.8. The lowest BCUT2D eigenvalue weighted by molar-refractivity contribution is 0.301. The molecule has 0 bridgehead atoms. The lowest BCUT2D eigenvalue weighted by atomic mass is 10.1. The molecule has 3 aromatic carbocycles. The van der Waals surface area contributed by atoms with Crippen LogP contribution in [0.25, 0.3) is 0 Å². The van der Waals surface area contributed by atoms with E-state index in [1.165, 1.54) is 5.56 Å². The second-order valence-electron chi connectivity index (χ2n) is 6.97. The Morgan fingerprint density at radius 3 is 2.41 bits per heavy atom. The summed E-state index contributed by atoms with van der Waals surface area (Å²) in [6.45, 7) is 3.52. The van der Waals surface area contributed by atoms with Crippen LogP contribution < -0.4 is 10.1 Å². The van der Waals surface area contributed by atoms with Gasteiger partial charge in [0.15, 0.2) is 0 Å². The van der Waals surface area contributed by atoms with Crippen molar-refractivity contribution in [1.82, 2.24) is 5.32 Å². The Morgan fingerprint density at radius 2 is 1.69 bits per heavy atom. The van der Waals surface area contributed by atoms with Crippen LogP contribution in [0.2, 0.25) is 5.02 Å². The fourth-order valence-electron chi connectivity index (χ4n) is 2.98. The molecule has 0 aromatic heterocycles. The second-order valence-corrected chi connectivity index (χ2v) is 8.33. The molecule has 0 aliphatic carbocycles. The summed E-state index contributed by atoms with van der Waals surface area (Å²) in [6, 6.07) is 24.9. The van der Waals surface area contributed by atoms with E-state index in [0.29, 0.717) is 12.6 Å². The Labute approximate surface area is 193 Å². The number of rotatable bonds is 9. The van der Waals surface area contributed by atoms with Crippen molar-refractivity contribution in [2.24, 2.45) is 0 Å². The summed E-state index contributed by atoms with van der Waals surface area (Å²) in [4.78, 5) is 0. The monoisotopic (exact) mass is 493 g/mol. The van der Waals surface area contributed by atoms with Crippen molar-refractivity contribution in [3.8, 4) is 5.75 Å². The Balaban J connectivity index is 0.00000300. The molecule has 1 N–H and O–H groups in total. The molecule has 0 heterocycles. The molecular weight excluding hydrogens is 469 g/mol. The number of hydrogen-bond donors (Lipinski definition) is 1. The minimum Gasteiger partial charge on any atom is -0.489 e. The maximum Gasteiger partial charge on any atom is 0.124 e. The number of hydrogen-bond acceptors (Lipinski definition) is 2. The molecule has 1 atom stereocenters. The van der Waals surface area contributed by atoms with E-state index in [4.69, 9.17) is 16.3 Å². The average molecular weight is 495 g/mol. The molecule has 1 unspecified atom stereocenters. The largest absolute Gasteiger partial charge is 0.489 e. The van der Waals surface area contributed by atoms with Crippen LogP contribution in [-0.4, -0.2) is 6.04 Å². The molecule has 3 aromatic rings. The molecule has 0 amide bonds. The van der Waals surface area contributed by atoms with Gasteiger partial charge in [-0.1, -0.05) is 70.0 Å². The molecule has 0 saturated heterocycles. The summed E-state index contributed by atoms with van der Waals surface area (Å²) < 4.78 is 7.13. The molecule has 2 nitrogen and oxygen atoms in total. The maximum absolute atomic E-state index is 6.08. The molecule has 3 rings (SSSR count). The van der Waals surface area contributed by atoms with Crippen molar-refractivity contribution >= 4 is 39.9 Å². The fraction of sp³-hybridized carbons (Fsp3) is 0.250. The number of benzene rings is 3. The van der Waals surface area contributed by atoms with Gasteiger partial charge in [-0.25, -0.2) is 0 Å². The van der Waals surface area contributed by atoms with E-state index in [-0.39, 0.29) is 12.4 Å². The smallest absolute Gasteiger partial charge is 0.124 e. The van der Waals surface area contributed by atoms with Gasteiger partial charge >= 0.3 is 0 Å². The zero-order valence-corrected chi connectivity index (χ0v) is 19.6. The van der Waals surface area contributed by atoms with Crippen molar-refractivity contribution in [2.45, 2.75) is 39.0 Å². The lowest BCUT2D eigenvalue weighted by Gasteiger charge is -2.17. The fourth-order valence-corrected chi connectivity index (χ4v) is 3.52. The second kappa shape index (κ2) is 12.2. The van der Waals surface area contributed by atoms with Crippen molar-refractivity contribution < 1.29 is 4.74 Å². The molecule has 0 spiro atoms. The van der Waals surface area contributed by atoms with E-state index in [2.05, 4.69) is 64.6 Å². The molecule has 0 fully saturated rings. The Bertz CT molecular complexity index is 872. The summed E-state index contributed by atoms with van der Waals surface area (Å²) in [5.74, 6) is 0.904. The Morgan fingerprint density at radius 1 is 0.966 bits per heavy atom. The first-order chi connectivity index (χ1) is 13.6. The van der Waals surface area contributed by atoms with Gasteiger partial charge in [-0.15, -0.1) is 12.4 Å². The quantitative estimate of drug-likeness (QED) is 0.339. The van der Waals surface area contributed by atoms with Gasteiger partial charge in [-0.2, -0.15) is 0 Å². The van der Waals surface area contributed by atoms with Crippen LogP contribution in [0.5, 0.6) is 5.75 Å². The normalized spacial score (nSPS) is 11.6. The number of halogens is 3. The highest BCUT2D eigenvalue weighted by Crippen LogP contribution is 2.24. The topological polar surface area (TPSA) is 21.3 Å². The van der Waals surface area contributed by atoms with Gasteiger partial charge in [0, 0.05) is 27.6 Å². The van der Waals surface area contributed by atoms with E-state index in [9.17, 15) is 0 Å². The predicted molar refractivity (Wildman–Crippen MR) is 128 cm³/mol. The van der Waals surface area contributed by atoms with Gasteiger partial charge in [0.1, 0.15) is 12.4 Å². The van der Waals surface area contributed by atoms with Gasteiger partial charge in [-0.05, 0) is 61.2 Å². The van der Waals surface area contributed by atoms with E-state index in [1.54, 1.807) is 0 Å². The summed E-state index contributed by atoms with van der Waals surface area (Å²) in [7, 11) is 0. The number of nitrogens with one attached hydrogen (secondary N) is 1. The molecule has 0 aliphatic rings. The van der Waals surface area contributed by atoms with Crippen LogP contribution in [0, 0.1) is 0 Å². The molecule has 0 saturated carbocycles. The van der Waals surface area contributed by atoms with Gasteiger partial charge in [0.2, 0.25) is 0 Å². The molecule has 0 aliphatic heterocycles. The third-order valence-corrected chi connectivity index (χ3v) is 5.43. The van der Waals surface area contributed by atoms with E-state index < -0.39 is 0 Å². The molecule has 0 radical (unpaired) electrons. The van der Waals surface area contributed by atoms with E-state index in [0.717, 1.165) is 45.8 Å². The average Bonchev–Trinajstić information content (AvgIpc) is 2.72. The first-order valence-corrected chi connectivity index (χ1v) is 10.7. The van der Waals surface area contributed by atoms with Crippen LogP contribution in [0.3, 0.4) is 0 Å². The third-order valence-electron chi connectivity index (χ3n) is 4.68. The van der Waals surface area contributed by atoms with Crippen molar-refractivity contribution in [2.75, 3.05) is 0 Å². The number of aryl methyl sites for hydroxylation is 1. The summed E-state index contributed by atoms with van der Waals surface area (Å²) >= 11 is 9.52. The summed E-state index contributed by atoms with van der Waals surface area (Å²) in [6.07, 6.45) is 2.17. The van der Waals surface area contributed by atoms with Crippen LogP contribution in [-0.2, 0) is 19.6 Å². The van der Waals surface area contributed by atoms with Gasteiger partial charge in [-0.3, -0.25) is 0 Å². The Hall–Kier alpha value is -1.52. The van der Waals surface area contributed by atoms with Crippen LogP contribution in [0.15, 0.2) is 77.3 Å². The van der Waals surface area contributed by atoms with Crippen molar-refractivity contribution in [3.05, 3.63) is 99.0 Å². The Kier molecular flexibility index (Phi) is 10.0. The van der Waals surface area contributed by atoms with Gasteiger partial charge < -0.3 is 10.1 Å². The zero-order valence-electron chi connectivity index (χ0n) is 16.4. The minimum atomic E-state index is 0. The zero-order chi connectivity index (χ0) is 19.8. The van der Waals surface area contributed by atoms with E-state index >= 15 is 0 Å². The summed E-state index contributed by atoms with van der Waals surface area (Å²) in [5.41, 5.74) is 3.63. The van der Waals surface area contributed by atoms with Crippen molar-refractivity contribution in [1.29, 1.82) is 0 Å². The van der Waals surface area contributed by atoms with Crippen molar-refractivity contribution in [3.63, 3.8) is 0 Å². The highest BCUT2D eigenvalue weighted by Gasteiger charge is 2.08. The molecular formula is C24H26BrCl2NO. The third kappa shape index (κ3) is 8.02. The van der Waals surface area contributed by atoms with Crippen LogP contribution in [0.4, 0.5) is 0 Å². The highest BCUT2D eigenvalue weighted by molar-refractivity contribution is 9.10. The number of ether oxygens (including phenoxy) is 1. The predicted octanol–water partition coefficient (Wildman–Crippen LogP) is 7.21. The van der Waals surface area contributed by atoms with Gasteiger partial charge in [0.25, 0.3) is 0 Å². The molecule has 29 heavy (non-hydrogen) atoms. The lowest BCUT2D eigenvalue weighted by Crippen LogP contribution is -2.26. The highest BCUT2D eigenvalue weighted by atomic mass is 79.9. The first-order valence-electron chi connectivity index (χ1n) is 9.53. The van der Waals surface area contributed by atoms with Gasteiger partial charge in [0.05, 0.1) is 0 Å². The maximum atomic E-state index is 6.08. The molecule has 5 heteroatoms. The minimum absolute atomic E-state index is 0. The summed E-state index contributed by atoms with van der Waals surface area (Å²) in [5, 5.41) is 4.36. The SMILES string of the molecule is CC(CCc1ccccc1)NCc1cc(Br)ccc1OCc1ccc(Cl)cc1.Cl. The molecule has 154 valence electrons. The van der Waals surface area contributed by atoms with Crippen LogP contribution in [0.1, 0.15) is 30.0 Å². The standard InChI is InChI=1S/C24H25BrClNO.ClH/c1-18(7-8-19-5-3-2-4-6-19)27-16-21-15-22(25)11-14-24(21)28-17-20-9-12-23(26)13-10-20;/h2-6,9-15,18,27H,7-8,16-17H2,1H3;1H.